The second-order valence-corrected chi connectivity index (χ2v) is 9.97. The molecule has 0 spiro atoms. The van der Waals surface area contributed by atoms with E-state index in [1.54, 1.807) is 6.92 Å². The highest BCUT2D eigenvalue weighted by atomic mass is 19.4. The number of allylic oxidation sites excluding steroid dienone is 2. The van der Waals surface area contributed by atoms with Gasteiger partial charge in [0.2, 0.25) is 0 Å². The molecule has 142 valence electrons. The Hall–Kier alpha value is -0.510. The Balaban J connectivity index is 1.68. The van der Waals surface area contributed by atoms with Gasteiger partial charge in [0.15, 0.2) is 5.60 Å². The highest BCUT2D eigenvalue weighted by molar-refractivity contribution is 5.19. The lowest BCUT2D eigenvalue weighted by atomic mass is 9.44. The summed E-state index contributed by atoms with van der Waals surface area (Å²) in [5, 5.41) is 10.7. The zero-order valence-corrected chi connectivity index (χ0v) is 15.6. The van der Waals surface area contributed by atoms with Crippen molar-refractivity contribution in [1.82, 2.24) is 0 Å². The van der Waals surface area contributed by atoms with E-state index in [0.717, 1.165) is 32.1 Å². The zero-order chi connectivity index (χ0) is 18.3. The number of fused-ring (bicyclic) bond motifs is 5. The molecule has 0 bridgehead atoms. The van der Waals surface area contributed by atoms with Gasteiger partial charge < -0.3 is 5.11 Å². The molecule has 0 aliphatic heterocycles. The lowest BCUT2D eigenvalue weighted by Crippen LogP contribution is -2.60. The lowest BCUT2D eigenvalue weighted by molar-refractivity contribution is -0.304. The van der Waals surface area contributed by atoms with Gasteiger partial charge in [0.25, 0.3) is 0 Å². The van der Waals surface area contributed by atoms with Crippen LogP contribution in [0.15, 0.2) is 11.6 Å². The molecule has 1 nitrogen and oxygen atoms in total. The molecule has 0 radical (unpaired) electrons. The van der Waals surface area contributed by atoms with Crippen molar-refractivity contribution in [3.05, 3.63) is 11.6 Å². The molecule has 1 N–H and O–H groups in total. The SMILES string of the molecule is CC1=CCC2CC[C@@H]3[C@@H](CC[C@@]4(C)[C@H]3CCC4(O)C(F)(F)F)[C@@]2(C)C1. The Kier molecular flexibility index (Phi) is 3.77. The number of alkyl halides is 3. The molecule has 7 atom stereocenters. The molecule has 4 rings (SSSR count). The van der Waals surface area contributed by atoms with Crippen molar-refractivity contribution in [2.45, 2.75) is 83.9 Å². The molecule has 0 heterocycles. The van der Waals surface area contributed by atoms with Crippen molar-refractivity contribution < 1.29 is 18.3 Å². The highest BCUT2D eigenvalue weighted by Crippen LogP contribution is 2.70. The van der Waals surface area contributed by atoms with Crippen LogP contribution in [0.25, 0.3) is 0 Å². The van der Waals surface area contributed by atoms with Gasteiger partial charge in [0.1, 0.15) is 0 Å². The first-order valence-electron chi connectivity index (χ1n) is 9.98. The van der Waals surface area contributed by atoms with Crippen molar-refractivity contribution in [2.75, 3.05) is 0 Å². The van der Waals surface area contributed by atoms with Crippen LogP contribution >= 0.6 is 0 Å². The predicted molar refractivity (Wildman–Crippen MR) is 91.9 cm³/mol. The van der Waals surface area contributed by atoms with Crippen molar-refractivity contribution in [1.29, 1.82) is 0 Å². The Morgan fingerprint density at radius 1 is 1.04 bits per heavy atom. The minimum atomic E-state index is -4.52. The molecule has 3 saturated carbocycles. The molecular weight excluding hydrogens is 325 g/mol. The summed E-state index contributed by atoms with van der Waals surface area (Å²) >= 11 is 0. The van der Waals surface area contributed by atoms with E-state index < -0.39 is 17.2 Å². The number of aliphatic hydroxyl groups is 1. The zero-order valence-electron chi connectivity index (χ0n) is 15.6. The average molecular weight is 356 g/mol. The van der Waals surface area contributed by atoms with E-state index in [1.165, 1.54) is 5.57 Å². The van der Waals surface area contributed by atoms with Gasteiger partial charge in [0.05, 0.1) is 0 Å². The standard InChI is InChI=1S/C21H31F3O/c1-13-4-5-14-6-7-15-16(18(14,2)12-13)8-10-19(3)17(15)9-11-20(19,25)21(22,23)24/h4,14-17,25H,5-12H2,1-3H3/t14?,15-,16-,17+,18+,19+,20?/m1/s1. The summed E-state index contributed by atoms with van der Waals surface area (Å²) in [6.07, 6.45) is 4.06. The van der Waals surface area contributed by atoms with E-state index in [1.807, 2.05) is 0 Å². The van der Waals surface area contributed by atoms with Crippen molar-refractivity contribution in [3.63, 3.8) is 0 Å². The minimum Gasteiger partial charge on any atom is -0.380 e. The molecule has 0 aromatic rings. The van der Waals surface area contributed by atoms with E-state index in [-0.39, 0.29) is 17.8 Å². The maximum atomic E-state index is 13.7. The molecule has 4 aliphatic rings. The summed E-state index contributed by atoms with van der Waals surface area (Å²) in [4.78, 5) is 0. The van der Waals surface area contributed by atoms with E-state index in [4.69, 9.17) is 0 Å². The summed E-state index contributed by atoms with van der Waals surface area (Å²) in [5.74, 6) is 1.57. The molecule has 25 heavy (non-hydrogen) atoms. The quantitative estimate of drug-likeness (QED) is 0.538. The van der Waals surface area contributed by atoms with Crippen molar-refractivity contribution >= 4 is 0 Å². The van der Waals surface area contributed by atoms with Gasteiger partial charge in [-0.05, 0) is 87.4 Å². The van der Waals surface area contributed by atoms with Crippen molar-refractivity contribution in [2.24, 2.45) is 34.5 Å². The van der Waals surface area contributed by atoms with Crippen LogP contribution in [-0.2, 0) is 0 Å². The molecule has 4 aliphatic carbocycles. The Morgan fingerprint density at radius 3 is 2.40 bits per heavy atom. The van der Waals surface area contributed by atoms with Crippen molar-refractivity contribution in [3.8, 4) is 0 Å². The fourth-order valence-electron chi connectivity index (χ4n) is 7.70. The topological polar surface area (TPSA) is 20.2 Å². The van der Waals surface area contributed by atoms with E-state index in [0.29, 0.717) is 30.6 Å². The third kappa shape index (κ3) is 2.18. The maximum Gasteiger partial charge on any atom is 0.417 e. The van der Waals surface area contributed by atoms with Gasteiger partial charge >= 0.3 is 6.18 Å². The van der Waals surface area contributed by atoms with Crippen LogP contribution < -0.4 is 0 Å². The minimum absolute atomic E-state index is 0.0156. The van der Waals surface area contributed by atoms with E-state index in [9.17, 15) is 18.3 Å². The molecule has 0 aromatic carbocycles. The molecule has 3 fully saturated rings. The second-order valence-electron chi connectivity index (χ2n) is 9.97. The summed E-state index contributed by atoms with van der Waals surface area (Å²) in [7, 11) is 0. The largest absolute Gasteiger partial charge is 0.417 e. The first kappa shape index (κ1) is 17.9. The predicted octanol–water partition coefficient (Wildman–Crippen LogP) is 5.88. The number of rotatable bonds is 0. The number of hydrogen-bond donors (Lipinski definition) is 1. The fraction of sp³-hybridized carbons (Fsp3) is 0.905. The number of halogens is 3. The van der Waals surface area contributed by atoms with E-state index in [2.05, 4.69) is 19.9 Å². The van der Waals surface area contributed by atoms with Gasteiger partial charge in [-0.25, -0.2) is 0 Å². The van der Waals surface area contributed by atoms with Crippen LogP contribution in [-0.4, -0.2) is 16.9 Å². The fourth-order valence-corrected chi connectivity index (χ4v) is 7.70. The van der Waals surface area contributed by atoms with Crippen LogP contribution in [0.1, 0.15) is 72.1 Å². The first-order valence-corrected chi connectivity index (χ1v) is 9.98. The maximum absolute atomic E-state index is 13.7. The van der Waals surface area contributed by atoms with Crippen LogP contribution in [0.5, 0.6) is 0 Å². The smallest absolute Gasteiger partial charge is 0.380 e. The third-order valence-electron chi connectivity index (χ3n) is 9.10. The van der Waals surface area contributed by atoms with E-state index >= 15 is 0 Å². The first-order chi connectivity index (χ1) is 11.5. The van der Waals surface area contributed by atoms with Crippen LogP contribution in [0.4, 0.5) is 13.2 Å². The molecule has 0 saturated heterocycles. The average Bonchev–Trinajstić information content (AvgIpc) is 2.79. The highest BCUT2D eigenvalue weighted by Gasteiger charge is 2.72. The number of hydrogen-bond acceptors (Lipinski definition) is 1. The van der Waals surface area contributed by atoms with Gasteiger partial charge in [-0.2, -0.15) is 13.2 Å². The molecule has 0 amide bonds. The molecular formula is C21H31F3O. The van der Waals surface area contributed by atoms with Gasteiger partial charge in [-0.3, -0.25) is 0 Å². The van der Waals surface area contributed by atoms with Gasteiger partial charge in [-0.15, -0.1) is 0 Å². The lowest BCUT2D eigenvalue weighted by Gasteiger charge is -2.61. The van der Waals surface area contributed by atoms with Crippen LogP contribution in [0.2, 0.25) is 0 Å². The summed E-state index contributed by atoms with van der Waals surface area (Å²) < 4.78 is 41.2. The molecule has 2 unspecified atom stereocenters. The van der Waals surface area contributed by atoms with Crippen LogP contribution in [0, 0.1) is 34.5 Å². The second kappa shape index (κ2) is 5.27. The monoisotopic (exact) mass is 356 g/mol. The summed E-state index contributed by atoms with van der Waals surface area (Å²) in [6, 6.07) is 0. The van der Waals surface area contributed by atoms with Gasteiger partial charge in [0, 0.05) is 5.41 Å². The Bertz CT molecular complexity index is 596. The third-order valence-corrected chi connectivity index (χ3v) is 9.10. The summed E-state index contributed by atoms with van der Waals surface area (Å²) in [5.41, 5.74) is -1.81. The summed E-state index contributed by atoms with van der Waals surface area (Å²) in [6.45, 7) is 6.34. The molecule has 4 heteroatoms. The normalized spacial score (nSPS) is 52.8. The van der Waals surface area contributed by atoms with Crippen LogP contribution in [0.3, 0.4) is 0 Å². The van der Waals surface area contributed by atoms with Gasteiger partial charge in [-0.1, -0.05) is 25.5 Å². The Labute approximate surface area is 149 Å². The Morgan fingerprint density at radius 2 is 1.72 bits per heavy atom. The molecule has 0 aromatic heterocycles.